The maximum Gasteiger partial charge on any atom is 0.242 e. The third kappa shape index (κ3) is 9.22. The summed E-state index contributed by atoms with van der Waals surface area (Å²) in [6.07, 6.45) is 4.70. The SMILES string of the molecule is CC1=CCCN1.CCN1CCN(C)CC1.Cc1cc2c(F)c(Oc3ncnc(Nc4ccc(N5CCOCC5)cc4)c3C#N)ccc2[nH]1. The van der Waals surface area contributed by atoms with E-state index >= 15 is 0 Å². The van der Waals surface area contributed by atoms with Gasteiger partial charge in [-0.15, -0.1) is 0 Å². The van der Waals surface area contributed by atoms with Gasteiger partial charge in [0.15, 0.2) is 22.9 Å². The molecule has 48 heavy (non-hydrogen) atoms. The highest BCUT2D eigenvalue weighted by Gasteiger charge is 2.18. The molecule has 0 bridgehead atoms. The monoisotopic (exact) mass is 655 g/mol. The summed E-state index contributed by atoms with van der Waals surface area (Å²) in [5, 5.41) is 16.5. The average molecular weight is 656 g/mol. The van der Waals surface area contributed by atoms with Crippen LogP contribution >= 0.6 is 0 Å². The number of rotatable bonds is 6. The number of fused-ring (bicyclic) bond motifs is 1. The van der Waals surface area contributed by atoms with E-state index < -0.39 is 5.82 Å². The first-order valence-corrected chi connectivity index (χ1v) is 16.6. The molecule has 12 heteroatoms. The van der Waals surface area contributed by atoms with E-state index in [9.17, 15) is 9.65 Å². The topological polar surface area (TPSA) is 118 Å². The van der Waals surface area contributed by atoms with E-state index in [2.05, 4.69) is 73.3 Å². The minimum atomic E-state index is -0.521. The molecule has 0 atom stereocenters. The number of hydrogen-bond acceptors (Lipinski definition) is 10. The van der Waals surface area contributed by atoms with Crippen molar-refractivity contribution in [3.63, 3.8) is 0 Å². The van der Waals surface area contributed by atoms with E-state index in [0.29, 0.717) is 24.1 Å². The van der Waals surface area contributed by atoms with Gasteiger partial charge in [0.05, 0.1) is 13.2 Å². The number of piperazine rings is 1. The van der Waals surface area contributed by atoms with Crippen molar-refractivity contribution in [2.24, 2.45) is 0 Å². The molecule has 0 unspecified atom stereocenters. The number of allylic oxidation sites excluding steroid dienone is 1. The standard InChI is InChI=1S/C24H21FN6O2.C7H16N2.C5H9N/c1-15-12-18-20(29-15)6-7-21(22(18)25)33-24-19(13-26)23(27-14-28-24)30-16-2-4-17(5-3-16)31-8-10-32-11-9-31;1-3-9-6-4-8(2)5-7-9;1-5-3-2-4-6-5/h2-7,12,14,29H,8-11H2,1H3,(H,27,28,30);3-7H2,1-2H3;3,6H,2,4H2,1H3. The smallest absolute Gasteiger partial charge is 0.242 e. The quantitative estimate of drug-likeness (QED) is 0.236. The summed E-state index contributed by atoms with van der Waals surface area (Å²) < 4.78 is 26.0. The number of halogens is 1. The third-order valence-electron chi connectivity index (χ3n) is 8.52. The molecule has 2 saturated heterocycles. The first-order valence-electron chi connectivity index (χ1n) is 16.6. The highest BCUT2D eigenvalue weighted by atomic mass is 19.1. The van der Waals surface area contributed by atoms with Gasteiger partial charge in [0, 0.05) is 79.5 Å². The van der Waals surface area contributed by atoms with Crippen LogP contribution in [0.25, 0.3) is 10.9 Å². The molecule has 3 N–H and O–H groups in total. The number of aromatic nitrogens is 3. The highest BCUT2D eigenvalue weighted by molar-refractivity contribution is 5.83. The Balaban J connectivity index is 0.000000246. The Hall–Kier alpha value is -4.70. The van der Waals surface area contributed by atoms with Gasteiger partial charge in [-0.25, -0.2) is 14.4 Å². The average Bonchev–Trinajstić information content (AvgIpc) is 3.76. The van der Waals surface area contributed by atoms with Crippen LogP contribution in [-0.2, 0) is 4.74 Å². The van der Waals surface area contributed by atoms with E-state index in [-0.39, 0.29) is 23.0 Å². The van der Waals surface area contributed by atoms with Crippen molar-refractivity contribution < 1.29 is 13.9 Å². The van der Waals surface area contributed by atoms with Crippen LogP contribution in [0.4, 0.5) is 21.6 Å². The lowest BCUT2D eigenvalue weighted by Gasteiger charge is -2.31. The van der Waals surface area contributed by atoms with E-state index in [1.807, 2.05) is 31.2 Å². The number of anilines is 3. The maximum absolute atomic E-state index is 14.9. The molecule has 0 aliphatic carbocycles. The number of morpholine rings is 1. The van der Waals surface area contributed by atoms with Gasteiger partial charge in [0.25, 0.3) is 0 Å². The molecule has 3 aliphatic rings. The molecule has 11 nitrogen and oxygen atoms in total. The van der Waals surface area contributed by atoms with E-state index in [4.69, 9.17) is 9.47 Å². The van der Waals surface area contributed by atoms with Crippen molar-refractivity contribution in [2.75, 3.05) is 82.8 Å². The first kappa shape index (κ1) is 34.6. The van der Waals surface area contributed by atoms with Gasteiger partial charge >= 0.3 is 0 Å². The van der Waals surface area contributed by atoms with Crippen molar-refractivity contribution in [1.29, 1.82) is 5.26 Å². The molecule has 2 aromatic carbocycles. The zero-order chi connectivity index (χ0) is 33.9. The fourth-order valence-electron chi connectivity index (χ4n) is 5.62. The number of ether oxygens (including phenoxy) is 2. The van der Waals surface area contributed by atoms with Gasteiger partial charge in [0.1, 0.15) is 12.4 Å². The summed E-state index contributed by atoms with van der Waals surface area (Å²) in [7, 11) is 2.19. The Kier molecular flexibility index (Phi) is 12.2. The number of nitrogens with zero attached hydrogens (tertiary/aromatic N) is 6. The number of aromatic amines is 1. The predicted molar refractivity (Wildman–Crippen MR) is 189 cm³/mol. The van der Waals surface area contributed by atoms with Crippen LogP contribution in [0, 0.1) is 24.1 Å². The molecule has 0 radical (unpaired) electrons. The number of nitriles is 1. The Morgan fingerprint density at radius 3 is 2.40 bits per heavy atom. The van der Waals surface area contributed by atoms with Crippen molar-refractivity contribution in [3.05, 3.63) is 77.6 Å². The molecular weight excluding hydrogens is 609 g/mol. The van der Waals surface area contributed by atoms with Gasteiger partial charge in [-0.2, -0.15) is 5.26 Å². The van der Waals surface area contributed by atoms with Gasteiger partial charge in [0.2, 0.25) is 5.88 Å². The molecule has 3 aliphatic heterocycles. The number of likely N-dealkylation sites (N-methyl/N-ethyl adjacent to an activating group) is 2. The molecule has 2 aromatic heterocycles. The van der Waals surface area contributed by atoms with Crippen LogP contribution < -0.4 is 20.3 Å². The zero-order valence-electron chi connectivity index (χ0n) is 28.4. The Morgan fingerprint density at radius 2 is 1.77 bits per heavy atom. The largest absolute Gasteiger partial charge is 0.434 e. The molecule has 0 spiro atoms. The van der Waals surface area contributed by atoms with Gasteiger partial charge in [-0.05, 0) is 76.3 Å². The lowest BCUT2D eigenvalue weighted by atomic mass is 10.2. The third-order valence-corrected chi connectivity index (χ3v) is 8.52. The van der Waals surface area contributed by atoms with Crippen molar-refractivity contribution >= 4 is 28.1 Å². The van der Waals surface area contributed by atoms with Crippen molar-refractivity contribution in [2.45, 2.75) is 27.2 Å². The molecule has 0 saturated carbocycles. The van der Waals surface area contributed by atoms with Crippen LogP contribution in [-0.4, -0.2) is 97.4 Å². The molecule has 0 amide bonds. The van der Waals surface area contributed by atoms with Crippen LogP contribution in [0.5, 0.6) is 11.6 Å². The predicted octanol–water partition coefficient (Wildman–Crippen LogP) is 5.79. The molecule has 2 fully saturated rings. The number of aryl methyl sites for hydroxylation is 1. The summed E-state index contributed by atoms with van der Waals surface area (Å²) in [6, 6.07) is 14.8. The normalized spacial score (nSPS) is 16.5. The maximum atomic E-state index is 14.9. The first-order chi connectivity index (χ1) is 23.3. The second kappa shape index (κ2) is 16.9. The van der Waals surface area contributed by atoms with Crippen LogP contribution in [0.2, 0.25) is 0 Å². The molecular formula is C36H46FN9O2. The summed E-state index contributed by atoms with van der Waals surface area (Å²) in [4.78, 5) is 18.4. The molecule has 4 aromatic rings. The van der Waals surface area contributed by atoms with Crippen molar-refractivity contribution in [3.8, 4) is 17.7 Å². The Labute approximate surface area is 282 Å². The van der Waals surface area contributed by atoms with Gasteiger partial charge in [-0.1, -0.05) is 13.0 Å². The summed E-state index contributed by atoms with van der Waals surface area (Å²) >= 11 is 0. The number of nitrogens with one attached hydrogen (secondary N) is 3. The summed E-state index contributed by atoms with van der Waals surface area (Å²) in [5.74, 6) is -0.281. The number of hydrogen-bond donors (Lipinski definition) is 3. The number of H-pyrrole nitrogens is 1. The molecule has 7 rings (SSSR count). The fourth-order valence-corrected chi connectivity index (χ4v) is 5.62. The second-order valence-corrected chi connectivity index (χ2v) is 12.0. The van der Waals surface area contributed by atoms with E-state index in [0.717, 1.165) is 36.7 Å². The summed E-state index contributed by atoms with van der Waals surface area (Å²) in [5.41, 5.74) is 4.77. The second-order valence-electron chi connectivity index (χ2n) is 12.0. The lowest BCUT2D eigenvalue weighted by molar-refractivity contribution is 0.122. The fraction of sp³-hybridized carbons (Fsp3) is 0.417. The zero-order valence-corrected chi connectivity index (χ0v) is 28.4. The number of benzene rings is 2. The van der Waals surface area contributed by atoms with Gasteiger partial charge in [-0.3, -0.25) is 0 Å². The molecule has 5 heterocycles. The highest BCUT2D eigenvalue weighted by Crippen LogP contribution is 2.33. The van der Waals surface area contributed by atoms with E-state index in [1.165, 1.54) is 57.2 Å². The van der Waals surface area contributed by atoms with Gasteiger partial charge < -0.3 is 39.8 Å². The summed E-state index contributed by atoms with van der Waals surface area (Å²) in [6.45, 7) is 16.7. The van der Waals surface area contributed by atoms with E-state index in [1.54, 1.807) is 12.1 Å². The lowest BCUT2D eigenvalue weighted by Crippen LogP contribution is -2.44. The van der Waals surface area contributed by atoms with Crippen molar-refractivity contribution in [1.82, 2.24) is 30.1 Å². The Bertz CT molecular complexity index is 1700. The van der Waals surface area contributed by atoms with Crippen LogP contribution in [0.15, 0.2) is 60.6 Å². The minimum Gasteiger partial charge on any atom is -0.434 e. The Morgan fingerprint density at radius 1 is 1.02 bits per heavy atom. The van der Waals surface area contributed by atoms with Crippen LogP contribution in [0.1, 0.15) is 31.5 Å². The van der Waals surface area contributed by atoms with Crippen LogP contribution in [0.3, 0.4) is 0 Å². The molecule has 254 valence electrons. The minimum absolute atomic E-state index is 0.0162.